The summed E-state index contributed by atoms with van der Waals surface area (Å²) in [5.41, 5.74) is 1.32. The minimum Gasteiger partial charge on any atom is -0.360 e. The number of rotatable bonds is 3. The van der Waals surface area contributed by atoms with Crippen molar-refractivity contribution in [3.05, 3.63) is 33.7 Å². The summed E-state index contributed by atoms with van der Waals surface area (Å²) in [6, 6.07) is 2.08. The number of thiazole rings is 1. The van der Waals surface area contributed by atoms with Gasteiger partial charge in [0.25, 0.3) is 0 Å². The lowest BCUT2D eigenvalue weighted by molar-refractivity contribution is 0.874. The zero-order valence-electron chi connectivity index (χ0n) is 10.4. The molecule has 1 atom stereocenters. The molecule has 0 aliphatic carbocycles. The first kappa shape index (κ1) is 12.5. The van der Waals surface area contributed by atoms with E-state index in [0.29, 0.717) is 11.5 Å². The summed E-state index contributed by atoms with van der Waals surface area (Å²) in [5.74, 6) is 0.512. The Kier molecular flexibility index (Phi) is 3.53. The van der Waals surface area contributed by atoms with Crippen molar-refractivity contribution >= 4 is 17.2 Å². The lowest BCUT2D eigenvalue weighted by Gasteiger charge is -2.13. The van der Waals surface area contributed by atoms with Gasteiger partial charge in [-0.05, 0) is 20.8 Å². The standard InChI is InChI=1S/C12H13N5S/c1-7-11(18-9(3)16-7)8(2)17-12-10(6-13)14-4-5-15-12/h4-5,8H,1-3H3,(H,15,17). The maximum Gasteiger partial charge on any atom is 0.182 e. The normalized spacial score (nSPS) is 11.9. The first-order valence-electron chi connectivity index (χ1n) is 5.53. The van der Waals surface area contributed by atoms with Crippen LogP contribution >= 0.6 is 11.3 Å². The molecular formula is C12H13N5S. The molecule has 1 unspecified atom stereocenters. The monoisotopic (exact) mass is 259 g/mol. The molecule has 0 aromatic carbocycles. The van der Waals surface area contributed by atoms with Gasteiger partial charge in [0.15, 0.2) is 11.5 Å². The maximum atomic E-state index is 8.96. The highest BCUT2D eigenvalue weighted by molar-refractivity contribution is 7.11. The van der Waals surface area contributed by atoms with E-state index < -0.39 is 0 Å². The van der Waals surface area contributed by atoms with E-state index in [9.17, 15) is 0 Å². The largest absolute Gasteiger partial charge is 0.360 e. The molecule has 6 heteroatoms. The van der Waals surface area contributed by atoms with Gasteiger partial charge >= 0.3 is 0 Å². The predicted octanol–water partition coefficient (Wildman–Crippen LogP) is 2.59. The van der Waals surface area contributed by atoms with Crippen LogP contribution in [-0.2, 0) is 0 Å². The summed E-state index contributed by atoms with van der Waals surface area (Å²) in [7, 11) is 0. The van der Waals surface area contributed by atoms with E-state index >= 15 is 0 Å². The van der Waals surface area contributed by atoms with Crippen LogP contribution in [-0.4, -0.2) is 15.0 Å². The van der Waals surface area contributed by atoms with Gasteiger partial charge in [-0.25, -0.2) is 15.0 Å². The molecule has 0 fully saturated rings. The van der Waals surface area contributed by atoms with Gasteiger partial charge < -0.3 is 5.32 Å². The SMILES string of the molecule is Cc1nc(C)c(C(C)Nc2nccnc2C#N)s1. The van der Waals surface area contributed by atoms with Gasteiger partial charge in [0.05, 0.1) is 16.7 Å². The van der Waals surface area contributed by atoms with E-state index in [1.54, 1.807) is 17.5 Å². The highest BCUT2D eigenvalue weighted by Crippen LogP contribution is 2.27. The predicted molar refractivity (Wildman–Crippen MR) is 70.4 cm³/mol. The highest BCUT2D eigenvalue weighted by Gasteiger charge is 2.15. The quantitative estimate of drug-likeness (QED) is 0.917. The molecule has 0 amide bonds. The van der Waals surface area contributed by atoms with Gasteiger partial charge in [0.2, 0.25) is 0 Å². The van der Waals surface area contributed by atoms with Crippen molar-refractivity contribution in [3.8, 4) is 6.07 Å². The van der Waals surface area contributed by atoms with Gasteiger partial charge in [0.1, 0.15) is 6.07 Å². The number of aromatic nitrogens is 3. The molecule has 2 rings (SSSR count). The van der Waals surface area contributed by atoms with E-state index in [0.717, 1.165) is 15.6 Å². The zero-order chi connectivity index (χ0) is 13.1. The number of hydrogen-bond donors (Lipinski definition) is 1. The summed E-state index contributed by atoms with van der Waals surface area (Å²) in [4.78, 5) is 13.7. The molecule has 0 bridgehead atoms. The van der Waals surface area contributed by atoms with Crippen LogP contribution in [0.5, 0.6) is 0 Å². The number of aryl methyl sites for hydroxylation is 2. The third-order valence-corrected chi connectivity index (χ3v) is 3.75. The number of hydrogen-bond acceptors (Lipinski definition) is 6. The molecule has 1 N–H and O–H groups in total. The Morgan fingerprint density at radius 3 is 2.67 bits per heavy atom. The van der Waals surface area contributed by atoms with Gasteiger partial charge in [-0.3, -0.25) is 0 Å². The molecule has 2 aromatic rings. The maximum absolute atomic E-state index is 8.96. The lowest BCUT2D eigenvalue weighted by atomic mass is 10.2. The minimum absolute atomic E-state index is 0.0556. The zero-order valence-corrected chi connectivity index (χ0v) is 11.2. The number of nitriles is 1. The Morgan fingerprint density at radius 1 is 1.33 bits per heavy atom. The van der Waals surface area contributed by atoms with E-state index in [1.807, 2.05) is 26.8 Å². The van der Waals surface area contributed by atoms with E-state index in [4.69, 9.17) is 5.26 Å². The molecule has 0 spiro atoms. The van der Waals surface area contributed by atoms with Crippen LogP contribution < -0.4 is 5.32 Å². The number of anilines is 1. The van der Waals surface area contributed by atoms with Crippen LogP contribution in [0, 0.1) is 25.2 Å². The van der Waals surface area contributed by atoms with Crippen molar-refractivity contribution in [2.75, 3.05) is 5.32 Å². The van der Waals surface area contributed by atoms with Gasteiger partial charge in [-0.1, -0.05) is 0 Å². The molecule has 18 heavy (non-hydrogen) atoms. The van der Waals surface area contributed by atoms with Crippen molar-refractivity contribution in [1.29, 1.82) is 5.26 Å². The second-order valence-electron chi connectivity index (χ2n) is 3.91. The Hall–Kier alpha value is -2.00. The van der Waals surface area contributed by atoms with E-state index in [1.165, 1.54) is 6.20 Å². The smallest absolute Gasteiger partial charge is 0.182 e. The van der Waals surface area contributed by atoms with Crippen LogP contribution in [0.15, 0.2) is 12.4 Å². The highest BCUT2D eigenvalue weighted by atomic mass is 32.1. The number of nitrogens with one attached hydrogen (secondary N) is 1. The van der Waals surface area contributed by atoms with E-state index in [2.05, 4.69) is 20.3 Å². The fraction of sp³-hybridized carbons (Fsp3) is 0.333. The summed E-state index contributed by atoms with van der Waals surface area (Å²) >= 11 is 1.65. The first-order valence-corrected chi connectivity index (χ1v) is 6.35. The summed E-state index contributed by atoms with van der Waals surface area (Å²) in [6.07, 6.45) is 3.08. The third-order valence-electron chi connectivity index (χ3n) is 2.49. The van der Waals surface area contributed by atoms with Crippen molar-refractivity contribution in [2.45, 2.75) is 26.8 Å². The molecule has 92 valence electrons. The number of nitrogens with zero attached hydrogens (tertiary/aromatic N) is 4. The van der Waals surface area contributed by atoms with E-state index in [-0.39, 0.29) is 6.04 Å². The fourth-order valence-electron chi connectivity index (χ4n) is 1.74. The summed E-state index contributed by atoms with van der Waals surface area (Å²) in [5, 5.41) is 13.2. The van der Waals surface area contributed by atoms with Crippen LogP contribution in [0.3, 0.4) is 0 Å². The van der Waals surface area contributed by atoms with Gasteiger partial charge in [0, 0.05) is 17.3 Å². The van der Waals surface area contributed by atoms with Gasteiger partial charge in [-0.15, -0.1) is 11.3 Å². The van der Waals surface area contributed by atoms with Crippen LogP contribution in [0.4, 0.5) is 5.82 Å². The second-order valence-corrected chi connectivity index (χ2v) is 5.15. The Balaban J connectivity index is 2.24. The van der Waals surface area contributed by atoms with Gasteiger partial charge in [-0.2, -0.15) is 5.26 Å². The minimum atomic E-state index is 0.0556. The van der Waals surface area contributed by atoms with Crippen LogP contribution in [0.1, 0.15) is 34.2 Å². The fourth-order valence-corrected chi connectivity index (χ4v) is 2.67. The molecule has 0 aliphatic heterocycles. The van der Waals surface area contributed by atoms with Crippen molar-refractivity contribution < 1.29 is 0 Å². The molecule has 5 nitrogen and oxygen atoms in total. The molecular weight excluding hydrogens is 246 g/mol. The lowest BCUT2D eigenvalue weighted by Crippen LogP contribution is -2.09. The second kappa shape index (κ2) is 5.10. The first-order chi connectivity index (χ1) is 8.61. The molecule has 0 saturated carbocycles. The summed E-state index contributed by atoms with van der Waals surface area (Å²) in [6.45, 7) is 5.99. The average Bonchev–Trinajstić information content (AvgIpc) is 2.69. The van der Waals surface area contributed by atoms with Crippen molar-refractivity contribution in [1.82, 2.24) is 15.0 Å². The molecule has 0 radical (unpaired) electrons. The van der Waals surface area contributed by atoms with Crippen LogP contribution in [0.25, 0.3) is 0 Å². The van der Waals surface area contributed by atoms with Crippen LogP contribution in [0.2, 0.25) is 0 Å². The molecule has 0 aliphatic rings. The van der Waals surface area contributed by atoms with Crippen molar-refractivity contribution in [2.24, 2.45) is 0 Å². The molecule has 0 saturated heterocycles. The topological polar surface area (TPSA) is 74.5 Å². The third kappa shape index (κ3) is 2.46. The molecule has 2 aromatic heterocycles. The average molecular weight is 259 g/mol. The summed E-state index contributed by atoms with van der Waals surface area (Å²) < 4.78 is 0. The Bertz CT molecular complexity index is 599. The Morgan fingerprint density at radius 2 is 2.06 bits per heavy atom. The van der Waals surface area contributed by atoms with Crippen molar-refractivity contribution in [3.63, 3.8) is 0 Å². The Labute approximate surface area is 110 Å². The molecule has 2 heterocycles.